The number of hydrogen-bond donors (Lipinski definition) is 1. The van der Waals surface area contributed by atoms with Gasteiger partial charge in [-0.05, 0) is 6.42 Å². The van der Waals surface area contributed by atoms with Crippen molar-refractivity contribution < 1.29 is 12.8 Å². The largest absolute Gasteiger partial charge is 0.327 e. The van der Waals surface area contributed by atoms with Crippen molar-refractivity contribution in [3.63, 3.8) is 0 Å². The molecule has 1 aliphatic rings. The van der Waals surface area contributed by atoms with Crippen molar-refractivity contribution >= 4 is 9.84 Å². The predicted molar refractivity (Wildman–Crippen MR) is 36.2 cm³/mol. The van der Waals surface area contributed by atoms with Crippen LogP contribution in [0.15, 0.2) is 0 Å². The van der Waals surface area contributed by atoms with Gasteiger partial charge >= 0.3 is 0 Å². The predicted octanol–water partition coefficient (Wildman–Crippen LogP) is -0.528. The van der Waals surface area contributed by atoms with Crippen LogP contribution in [0.3, 0.4) is 0 Å². The molecule has 1 aliphatic heterocycles. The first-order valence-corrected chi connectivity index (χ1v) is 4.89. The highest BCUT2D eigenvalue weighted by Crippen LogP contribution is 2.25. The second-order valence-electron chi connectivity index (χ2n) is 2.70. The summed E-state index contributed by atoms with van der Waals surface area (Å²) in [6.45, 7) is -0.188. The molecule has 1 atom stereocenters. The molecule has 2 N–H and O–H groups in total. The fourth-order valence-electron chi connectivity index (χ4n) is 1.04. The molecular weight excluding hydrogens is 157 g/mol. The standard InChI is InChI=1S/C5H10FNO2S/c6-5(3-7)1-2-10(8,9)4-5/h1-4,7H2. The fourth-order valence-corrected chi connectivity index (χ4v) is 2.91. The van der Waals surface area contributed by atoms with E-state index < -0.39 is 21.3 Å². The van der Waals surface area contributed by atoms with E-state index in [4.69, 9.17) is 5.73 Å². The van der Waals surface area contributed by atoms with E-state index in [1.807, 2.05) is 0 Å². The minimum absolute atomic E-state index is 0.0549. The molecule has 0 radical (unpaired) electrons. The maximum Gasteiger partial charge on any atom is 0.153 e. The molecule has 0 aliphatic carbocycles. The highest BCUT2D eigenvalue weighted by atomic mass is 32.2. The van der Waals surface area contributed by atoms with Gasteiger partial charge in [0.15, 0.2) is 9.84 Å². The maximum atomic E-state index is 13.0. The van der Waals surface area contributed by atoms with Crippen molar-refractivity contribution in [3.8, 4) is 0 Å². The quantitative estimate of drug-likeness (QED) is 0.571. The number of nitrogens with two attached hydrogens (primary N) is 1. The zero-order valence-corrected chi connectivity index (χ0v) is 6.32. The minimum atomic E-state index is -3.12. The van der Waals surface area contributed by atoms with Gasteiger partial charge in [0, 0.05) is 6.54 Å². The summed E-state index contributed by atoms with van der Waals surface area (Å²) >= 11 is 0. The smallest absolute Gasteiger partial charge is 0.153 e. The van der Waals surface area contributed by atoms with Crippen molar-refractivity contribution in [2.24, 2.45) is 5.73 Å². The van der Waals surface area contributed by atoms with Gasteiger partial charge in [-0.25, -0.2) is 12.8 Å². The summed E-state index contributed by atoms with van der Waals surface area (Å²) in [7, 11) is -3.12. The molecule has 0 bridgehead atoms. The molecule has 10 heavy (non-hydrogen) atoms. The van der Waals surface area contributed by atoms with E-state index >= 15 is 0 Å². The molecule has 0 spiro atoms. The van der Waals surface area contributed by atoms with Gasteiger partial charge in [-0.15, -0.1) is 0 Å². The SMILES string of the molecule is NCC1(F)CCS(=O)(=O)C1. The van der Waals surface area contributed by atoms with Crippen LogP contribution in [-0.4, -0.2) is 32.1 Å². The van der Waals surface area contributed by atoms with E-state index in [0.29, 0.717) is 0 Å². The molecule has 1 heterocycles. The summed E-state index contributed by atoms with van der Waals surface area (Å²) in [5.41, 5.74) is 3.41. The Bertz CT molecular complexity index is 226. The van der Waals surface area contributed by atoms with Crippen LogP contribution in [0.25, 0.3) is 0 Å². The van der Waals surface area contributed by atoms with Gasteiger partial charge in [-0.3, -0.25) is 0 Å². The van der Waals surface area contributed by atoms with E-state index in [2.05, 4.69) is 0 Å². The fraction of sp³-hybridized carbons (Fsp3) is 1.00. The molecule has 5 heteroatoms. The lowest BCUT2D eigenvalue weighted by molar-refractivity contribution is 0.209. The first-order valence-electron chi connectivity index (χ1n) is 3.07. The van der Waals surface area contributed by atoms with Crippen LogP contribution in [0.5, 0.6) is 0 Å². The van der Waals surface area contributed by atoms with E-state index in [1.165, 1.54) is 0 Å². The number of alkyl halides is 1. The highest BCUT2D eigenvalue weighted by Gasteiger charge is 2.41. The Morgan fingerprint density at radius 1 is 1.60 bits per heavy atom. The van der Waals surface area contributed by atoms with Crippen molar-refractivity contribution in [1.82, 2.24) is 0 Å². The Morgan fingerprint density at radius 2 is 2.20 bits per heavy atom. The van der Waals surface area contributed by atoms with Gasteiger partial charge in [0.25, 0.3) is 0 Å². The van der Waals surface area contributed by atoms with Crippen molar-refractivity contribution in [3.05, 3.63) is 0 Å². The molecule has 1 saturated heterocycles. The lowest BCUT2D eigenvalue weighted by Gasteiger charge is -2.12. The molecular formula is C5H10FNO2S. The first-order chi connectivity index (χ1) is 4.47. The summed E-state index contributed by atoms with van der Waals surface area (Å²) in [6.07, 6.45) is 0.0613. The van der Waals surface area contributed by atoms with Crippen LogP contribution >= 0.6 is 0 Å². The first kappa shape index (κ1) is 7.94. The molecule has 0 amide bonds. The third kappa shape index (κ3) is 1.46. The molecule has 0 aromatic rings. The summed E-state index contributed by atoms with van der Waals surface area (Å²) < 4.78 is 34.5. The molecule has 0 saturated carbocycles. The molecule has 3 nitrogen and oxygen atoms in total. The third-order valence-electron chi connectivity index (χ3n) is 1.71. The van der Waals surface area contributed by atoms with Crippen LogP contribution in [0.4, 0.5) is 4.39 Å². The second kappa shape index (κ2) is 2.17. The average Bonchev–Trinajstić information content (AvgIpc) is 2.08. The zero-order valence-electron chi connectivity index (χ0n) is 5.51. The van der Waals surface area contributed by atoms with Crippen LogP contribution in [0.1, 0.15) is 6.42 Å². The maximum absolute atomic E-state index is 13.0. The van der Waals surface area contributed by atoms with E-state index in [9.17, 15) is 12.8 Å². The molecule has 1 rings (SSSR count). The normalized spacial score (nSPS) is 38.2. The molecule has 1 unspecified atom stereocenters. The Hall–Kier alpha value is -0.160. The van der Waals surface area contributed by atoms with Gasteiger partial charge in [0.1, 0.15) is 5.67 Å². The summed E-state index contributed by atoms with van der Waals surface area (Å²) in [5, 5.41) is 0. The number of hydrogen-bond acceptors (Lipinski definition) is 3. The average molecular weight is 167 g/mol. The second-order valence-corrected chi connectivity index (χ2v) is 4.88. The zero-order chi connectivity index (χ0) is 7.83. The Kier molecular flexibility index (Phi) is 1.72. The lowest BCUT2D eigenvalue weighted by atomic mass is 10.1. The molecule has 60 valence electrons. The van der Waals surface area contributed by atoms with Crippen molar-refractivity contribution in [1.29, 1.82) is 0 Å². The van der Waals surface area contributed by atoms with E-state index in [-0.39, 0.29) is 18.7 Å². The summed E-state index contributed by atoms with van der Waals surface area (Å²) in [5.74, 6) is -0.447. The van der Waals surface area contributed by atoms with Crippen molar-refractivity contribution in [2.45, 2.75) is 12.1 Å². The van der Waals surface area contributed by atoms with Gasteiger partial charge in [0.2, 0.25) is 0 Å². The monoisotopic (exact) mass is 167 g/mol. The number of rotatable bonds is 1. The van der Waals surface area contributed by atoms with Crippen LogP contribution in [-0.2, 0) is 9.84 Å². The van der Waals surface area contributed by atoms with Crippen LogP contribution < -0.4 is 5.73 Å². The van der Waals surface area contributed by atoms with Crippen LogP contribution in [0.2, 0.25) is 0 Å². The third-order valence-corrected chi connectivity index (χ3v) is 3.49. The molecule has 0 aromatic carbocycles. The Balaban J connectivity index is 2.76. The van der Waals surface area contributed by atoms with E-state index in [0.717, 1.165) is 0 Å². The topological polar surface area (TPSA) is 60.2 Å². The van der Waals surface area contributed by atoms with Crippen molar-refractivity contribution in [2.75, 3.05) is 18.1 Å². The minimum Gasteiger partial charge on any atom is -0.327 e. The van der Waals surface area contributed by atoms with Crippen LogP contribution in [0, 0.1) is 0 Å². The Morgan fingerprint density at radius 3 is 2.40 bits per heavy atom. The highest BCUT2D eigenvalue weighted by molar-refractivity contribution is 7.91. The lowest BCUT2D eigenvalue weighted by Crippen LogP contribution is -2.33. The molecule has 0 aromatic heterocycles. The van der Waals surface area contributed by atoms with Gasteiger partial charge in [-0.2, -0.15) is 0 Å². The summed E-state index contributed by atoms with van der Waals surface area (Å²) in [6, 6.07) is 0. The Labute approximate surface area is 59.3 Å². The number of sulfone groups is 1. The van der Waals surface area contributed by atoms with Gasteiger partial charge < -0.3 is 5.73 Å². The van der Waals surface area contributed by atoms with Gasteiger partial charge in [0.05, 0.1) is 11.5 Å². The summed E-state index contributed by atoms with van der Waals surface area (Å²) in [4.78, 5) is 0. The van der Waals surface area contributed by atoms with Gasteiger partial charge in [-0.1, -0.05) is 0 Å². The molecule has 1 fully saturated rings. The van der Waals surface area contributed by atoms with E-state index in [1.54, 1.807) is 0 Å². The number of halogens is 1.